The van der Waals surface area contributed by atoms with E-state index in [2.05, 4.69) is 0 Å². The molecule has 0 saturated carbocycles. The first-order chi connectivity index (χ1) is 12.8. The van der Waals surface area contributed by atoms with Crippen molar-refractivity contribution in [1.29, 1.82) is 0 Å². The van der Waals surface area contributed by atoms with Crippen molar-refractivity contribution in [2.45, 2.75) is 17.6 Å². The van der Waals surface area contributed by atoms with Crippen LogP contribution in [0, 0.1) is 11.8 Å². The number of carbonyl (C=O) groups excluding carboxylic acids is 1. The zero-order valence-electron chi connectivity index (χ0n) is 14.9. The van der Waals surface area contributed by atoms with Crippen LogP contribution in [0.1, 0.15) is 22.8 Å². The van der Waals surface area contributed by atoms with Gasteiger partial charge in [-0.2, -0.15) is 0 Å². The van der Waals surface area contributed by atoms with Gasteiger partial charge < -0.3 is 10.0 Å². The van der Waals surface area contributed by atoms with Gasteiger partial charge in [0, 0.05) is 18.7 Å². The van der Waals surface area contributed by atoms with Crippen LogP contribution in [0.15, 0.2) is 59.5 Å². The number of carboxylic acids is 1. The second-order valence-electron chi connectivity index (χ2n) is 6.90. The first-order valence-corrected chi connectivity index (χ1v) is 10.3. The zero-order chi connectivity index (χ0) is 19.6. The molecule has 1 heterocycles. The van der Waals surface area contributed by atoms with Crippen molar-refractivity contribution in [1.82, 2.24) is 4.90 Å². The Balaban J connectivity index is 1.73. The van der Waals surface area contributed by atoms with Gasteiger partial charge in [-0.05, 0) is 35.7 Å². The smallest absolute Gasteiger partial charge is 0.308 e. The third kappa shape index (κ3) is 4.19. The van der Waals surface area contributed by atoms with Crippen molar-refractivity contribution in [3.05, 3.63) is 65.7 Å². The number of aliphatic carboxylic acids is 1. The summed E-state index contributed by atoms with van der Waals surface area (Å²) in [6.45, 7) is 2.36. The molecule has 6 nitrogen and oxygen atoms in total. The molecule has 0 unspecified atom stereocenters. The van der Waals surface area contributed by atoms with E-state index in [9.17, 15) is 23.1 Å². The Hall–Kier alpha value is -2.67. The van der Waals surface area contributed by atoms with E-state index in [-0.39, 0.29) is 29.0 Å². The highest BCUT2D eigenvalue weighted by atomic mass is 32.2. The van der Waals surface area contributed by atoms with Crippen LogP contribution < -0.4 is 0 Å². The minimum atomic E-state index is -3.51. The van der Waals surface area contributed by atoms with Crippen molar-refractivity contribution >= 4 is 21.7 Å². The maximum atomic E-state index is 12.6. The van der Waals surface area contributed by atoms with Crippen LogP contribution >= 0.6 is 0 Å². The normalized spacial score (nSPS) is 19.8. The van der Waals surface area contributed by atoms with E-state index in [0.717, 1.165) is 0 Å². The standard InChI is InChI=1S/C20H21NO5S/c1-14-11-21(12-18(14)20(23)24)19(22)16-7-9-17(10-8-16)27(25,26)13-15-5-3-2-4-6-15/h2-10,14,18H,11-13H2,1H3,(H,23,24)/t14-,18-/m1/s1. The summed E-state index contributed by atoms with van der Waals surface area (Å²) in [5, 5.41) is 9.20. The van der Waals surface area contributed by atoms with E-state index in [4.69, 9.17) is 0 Å². The molecule has 0 aromatic heterocycles. The summed E-state index contributed by atoms with van der Waals surface area (Å²) >= 11 is 0. The van der Waals surface area contributed by atoms with Crippen LogP contribution in [0.25, 0.3) is 0 Å². The minimum Gasteiger partial charge on any atom is -0.481 e. The molecule has 27 heavy (non-hydrogen) atoms. The third-order valence-electron chi connectivity index (χ3n) is 4.88. The number of sulfone groups is 1. The minimum absolute atomic E-state index is 0.106. The van der Waals surface area contributed by atoms with E-state index < -0.39 is 21.7 Å². The van der Waals surface area contributed by atoms with Gasteiger partial charge >= 0.3 is 5.97 Å². The highest BCUT2D eigenvalue weighted by molar-refractivity contribution is 7.90. The van der Waals surface area contributed by atoms with Gasteiger partial charge in [0.25, 0.3) is 5.91 Å². The Morgan fingerprint density at radius 3 is 2.22 bits per heavy atom. The van der Waals surface area contributed by atoms with Gasteiger partial charge in [0.2, 0.25) is 0 Å². The molecule has 2 aromatic rings. The van der Waals surface area contributed by atoms with Crippen LogP contribution in [0.5, 0.6) is 0 Å². The van der Waals surface area contributed by atoms with E-state index in [0.29, 0.717) is 17.7 Å². The molecule has 0 radical (unpaired) electrons. The molecule has 2 atom stereocenters. The molecule has 1 aliphatic heterocycles. The molecule has 1 N–H and O–H groups in total. The van der Waals surface area contributed by atoms with Gasteiger partial charge in [0.1, 0.15) is 0 Å². The lowest BCUT2D eigenvalue weighted by Crippen LogP contribution is -2.29. The number of rotatable bonds is 5. The van der Waals surface area contributed by atoms with Crippen molar-refractivity contribution < 1.29 is 23.1 Å². The van der Waals surface area contributed by atoms with Gasteiger partial charge in [-0.3, -0.25) is 9.59 Å². The lowest BCUT2D eigenvalue weighted by atomic mass is 9.99. The molecule has 1 amide bonds. The average Bonchev–Trinajstić information content (AvgIpc) is 3.04. The highest BCUT2D eigenvalue weighted by Crippen LogP contribution is 2.25. The fourth-order valence-electron chi connectivity index (χ4n) is 3.32. The molecule has 0 aliphatic carbocycles. The maximum absolute atomic E-state index is 12.6. The second-order valence-corrected chi connectivity index (χ2v) is 8.89. The monoisotopic (exact) mass is 387 g/mol. The van der Waals surface area contributed by atoms with Crippen LogP contribution in [-0.4, -0.2) is 43.4 Å². The van der Waals surface area contributed by atoms with Crippen molar-refractivity contribution in [3.8, 4) is 0 Å². The third-order valence-corrected chi connectivity index (χ3v) is 6.58. The predicted octanol–water partition coefficient (Wildman–Crippen LogP) is 2.45. The maximum Gasteiger partial charge on any atom is 0.308 e. The number of benzene rings is 2. The molecular formula is C20H21NO5S. The molecule has 142 valence electrons. The summed E-state index contributed by atoms with van der Waals surface area (Å²) in [5.41, 5.74) is 1.05. The highest BCUT2D eigenvalue weighted by Gasteiger charge is 2.37. The van der Waals surface area contributed by atoms with Crippen LogP contribution in [-0.2, 0) is 20.4 Å². The fourth-order valence-corrected chi connectivity index (χ4v) is 4.67. The fraction of sp³-hybridized carbons (Fsp3) is 0.300. The SMILES string of the molecule is C[C@@H]1CN(C(=O)c2ccc(S(=O)(=O)Cc3ccccc3)cc2)C[C@H]1C(=O)O. The number of hydrogen-bond donors (Lipinski definition) is 1. The molecular weight excluding hydrogens is 366 g/mol. The topological polar surface area (TPSA) is 91.8 Å². The van der Waals surface area contributed by atoms with Crippen molar-refractivity contribution in [2.24, 2.45) is 11.8 Å². The van der Waals surface area contributed by atoms with E-state index in [1.54, 1.807) is 24.3 Å². The van der Waals surface area contributed by atoms with Gasteiger partial charge in [0.15, 0.2) is 9.84 Å². The Morgan fingerprint density at radius 2 is 1.67 bits per heavy atom. The van der Waals surface area contributed by atoms with Crippen molar-refractivity contribution in [3.63, 3.8) is 0 Å². The summed E-state index contributed by atoms with van der Waals surface area (Å²) in [5.74, 6) is -1.97. The summed E-state index contributed by atoms with van der Waals surface area (Å²) in [6, 6.07) is 14.7. The number of nitrogens with zero attached hydrogens (tertiary/aromatic N) is 1. The molecule has 2 aromatic carbocycles. The number of carbonyl (C=O) groups is 2. The summed E-state index contributed by atoms with van der Waals surface area (Å²) in [6.07, 6.45) is 0. The van der Waals surface area contributed by atoms with Gasteiger partial charge in [-0.1, -0.05) is 37.3 Å². The molecule has 0 spiro atoms. The van der Waals surface area contributed by atoms with Gasteiger partial charge in [0.05, 0.1) is 16.6 Å². The number of carboxylic acid groups (broad SMARTS) is 1. The van der Waals surface area contributed by atoms with Gasteiger partial charge in [-0.15, -0.1) is 0 Å². The second kappa shape index (κ2) is 7.52. The van der Waals surface area contributed by atoms with Crippen LogP contribution in [0.4, 0.5) is 0 Å². The lowest BCUT2D eigenvalue weighted by Gasteiger charge is -2.16. The molecule has 7 heteroatoms. The number of hydrogen-bond acceptors (Lipinski definition) is 4. The van der Waals surface area contributed by atoms with Crippen molar-refractivity contribution in [2.75, 3.05) is 13.1 Å². The van der Waals surface area contributed by atoms with E-state index in [1.807, 2.05) is 13.0 Å². The predicted molar refractivity (Wildman–Crippen MR) is 100.0 cm³/mol. The quantitative estimate of drug-likeness (QED) is 0.851. The van der Waals surface area contributed by atoms with Gasteiger partial charge in [-0.25, -0.2) is 8.42 Å². The summed E-state index contributed by atoms with van der Waals surface area (Å²) in [4.78, 5) is 25.5. The molecule has 1 aliphatic rings. The van der Waals surface area contributed by atoms with E-state index >= 15 is 0 Å². The molecule has 1 saturated heterocycles. The lowest BCUT2D eigenvalue weighted by molar-refractivity contribution is -0.142. The Kier molecular flexibility index (Phi) is 5.32. The molecule has 3 rings (SSSR count). The van der Waals surface area contributed by atoms with E-state index in [1.165, 1.54) is 29.2 Å². The van der Waals surface area contributed by atoms with Crippen LogP contribution in [0.3, 0.4) is 0 Å². The Bertz CT molecular complexity index is 938. The summed E-state index contributed by atoms with van der Waals surface area (Å²) < 4.78 is 25.1. The Labute approximate surface area is 158 Å². The number of likely N-dealkylation sites (tertiary alicyclic amines) is 1. The zero-order valence-corrected chi connectivity index (χ0v) is 15.7. The first-order valence-electron chi connectivity index (χ1n) is 8.67. The largest absolute Gasteiger partial charge is 0.481 e. The Morgan fingerprint density at radius 1 is 1.04 bits per heavy atom. The average molecular weight is 387 g/mol. The number of amides is 1. The first kappa shape index (κ1) is 19.1. The molecule has 0 bridgehead atoms. The van der Waals surface area contributed by atoms with Crippen LogP contribution in [0.2, 0.25) is 0 Å². The molecule has 1 fully saturated rings. The summed E-state index contributed by atoms with van der Waals surface area (Å²) in [7, 11) is -3.51.